The van der Waals surface area contributed by atoms with Gasteiger partial charge in [-0.2, -0.15) is 5.10 Å². The Balaban J connectivity index is 1.36. The number of benzene rings is 2. The summed E-state index contributed by atoms with van der Waals surface area (Å²) >= 11 is 0. The van der Waals surface area contributed by atoms with Crippen LogP contribution in [0.4, 0.5) is 17.1 Å². The molecule has 178 valence electrons. The van der Waals surface area contributed by atoms with Gasteiger partial charge in [-0.15, -0.1) is 0 Å². The highest BCUT2D eigenvalue weighted by Gasteiger charge is 2.14. The summed E-state index contributed by atoms with van der Waals surface area (Å²) in [7, 11) is 1.57. The number of rotatable bonds is 8. The van der Waals surface area contributed by atoms with Crippen LogP contribution in [0.15, 0.2) is 77.7 Å². The number of nitrogens with one attached hydrogen (secondary N) is 3. The van der Waals surface area contributed by atoms with E-state index in [1.807, 2.05) is 6.92 Å². The van der Waals surface area contributed by atoms with Gasteiger partial charge in [0.05, 0.1) is 25.3 Å². The van der Waals surface area contributed by atoms with Gasteiger partial charge in [-0.1, -0.05) is 6.07 Å². The van der Waals surface area contributed by atoms with Crippen molar-refractivity contribution >= 4 is 34.8 Å². The summed E-state index contributed by atoms with van der Waals surface area (Å²) in [5, 5.41) is 12.4. The molecule has 0 aliphatic rings. The number of ether oxygens (including phenoxy) is 1. The van der Waals surface area contributed by atoms with Crippen molar-refractivity contribution in [3.8, 4) is 5.75 Å². The molecule has 4 aromatic rings. The van der Waals surface area contributed by atoms with Crippen molar-refractivity contribution in [2.75, 3.05) is 23.1 Å². The van der Waals surface area contributed by atoms with Gasteiger partial charge >= 0.3 is 0 Å². The van der Waals surface area contributed by atoms with Crippen molar-refractivity contribution in [1.29, 1.82) is 0 Å². The van der Waals surface area contributed by atoms with Gasteiger partial charge in [0.25, 0.3) is 11.8 Å². The molecule has 0 radical (unpaired) electrons. The molecule has 0 aliphatic heterocycles. The van der Waals surface area contributed by atoms with E-state index in [2.05, 4.69) is 21.0 Å². The number of methoxy groups -OCH3 is 1. The van der Waals surface area contributed by atoms with Crippen molar-refractivity contribution in [3.05, 3.63) is 90.1 Å². The summed E-state index contributed by atoms with van der Waals surface area (Å²) < 4.78 is 11.6. The van der Waals surface area contributed by atoms with E-state index in [1.54, 1.807) is 67.9 Å². The van der Waals surface area contributed by atoms with Crippen molar-refractivity contribution in [2.45, 2.75) is 13.5 Å². The number of carbonyl (C=O) groups is 3. The van der Waals surface area contributed by atoms with E-state index in [0.717, 1.165) is 5.56 Å². The molecule has 2 aromatic heterocycles. The van der Waals surface area contributed by atoms with Crippen LogP contribution in [0.3, 0.4) is 0 Å². The summed E-state index contributed by atoms with van der Waals surface area (Å²) in [6, 6.07) is 15.1. The number of furan rings is 1. The van der Waals surface area contributed by atoms with Gasteiger partial charge in [0.2, 0.25) is 5.91 Å². The second-order valence-electron chi connectivity index (χ2n) is 7.62. The molecule has 3 N–H and O–H groups in total. The van der Waals surface area contributed by atoms with E-state index >= 15 is 0 Å². The molecule has 0 fully saturated rings. The van der Waals surface area contributed by atoms with Crippen LogP contribution in [0.2, 0.25) is 0 Å². The number of hydrogen-bond donors (Lipinski definition) is 3. The predicted octanol–water partition coefficient (Wildman–Crippen LogP) is 3.94. The fourth-order valence-corrected chi connectivity index (χ4v) is 3.23. The number of anilines is 3. The Morgan fingerprint density at radius 1 is 0.971 bits per heavy atom. The first-order valence-corrected chi connectivity index (χ1v) is 10.6. The lowest BCUT2D eigenvalue weighted by Crippen LogP contribution is -2.19. The van der Waals surface area contributed by atoms with Crippen LogP contribution in [-0.4, -0.2) is 34.6 Å². The number of amides is 3. The second kappa shape index (κ2) is 10.4. The van der Waals surface area contributed by atoms with Crippen molar-refractivity contribution in [1.82, 2.24) is 9.78 Å². The maximum absolute atomic E-state index is 12.7. The van der Waals surface area contributed by atoms with Crippen LogP contribution in [0, 0.1) is 6.92 Å². The predicted molar refractivity (Wildman–Crippen MR) is 130 cm³/mol. The summed E-state index contributed by atoms with van der Waals surface area (Å²) in [5.74, 6) is -0.212. The number of aromatic nitrogens is 2. The highest BCUT2D eigenvalue weighted by Crippen LogP contribution is 2.20. The van der Waals surface area contributed by atoms with Crippen LogP contribution >= 0.6 is 0 Å². The molecule has 4 rings (SSSR count). The number of carbonyl (C=O) groups excluding carboxylic acids is 3. The summed E-state index contributed by atoms with van der Waals surface area (Å²) in [4.78, 5) is 37.3. The zero-order valence-corrected chi connectivity index (χ0v) is 19.1. The minimum atomic E-state index is -0.412. The first-order chi connectivity index (χ1) is 16.9. The van der Waals surface area contributed by atoms with E-state index < -0.39 is 5.91 Å². The van der Waals surface area contributed by atoms with Gasteiger partial charge in [0.1, 0.15) is 12.3 Å². The van der Waals surface area contributed by atoms with Crippen LogP contribution in [0.1, 0.15) is 26.5 Å². The minimum absolute atomic E-state index is 0.0324. The van der Waals surface area contributed by atoms with E-state index in [-0.39, 0.29) is 24.1 Å². The van der Waals surface area contributed by atoms with Crippen molar-refractivity contribution in [2.24, 2.45) is 0 Å². The fraction of sp³-hybridized carbons (Fsp3) is 0.120. The standard InChI is InChI=1S/C25H23N5O5/c1-16-5-6-17(12-21(16)29-25(33)22-4-3-11-35-22)24(32)28-19-13-26-30(14-19)15-23(31)27-18-7-9-20(34-2)10-8-18/h3-14H,15H2,1-2H3,(H,27,31)(H,28,32)(H,29,33). The molecule has 0 aliphatic carbocycles. The third kappa shape index (κ3) is 5.93. The molecule has 0 spiro atoms. The highest BCUT2D eigenvalue weighted by atomic mass is 16.5. The van der Waals surface area contributed by atoms with Gasteiger partial charge in [0.15, 0.2) is 5.76 Å². The van der Waals surface area contributed by atoms with E-state index in [4.69, 9.17) is 9.15 Å². The molecule has 2 heterocycles. The maximum atomic E-state index is 12.7. The quantitative estimate of drug-likeness (QED) is 0.356. The largest absolute Gasteiger partial charge is 0.497 e. The van der Waals surface area contributed by atoms with E-state index in [0.29, 0.717) is 28.4 Å². The third-order valence-corrected chi connectivity index (χ3v) is 5.06. The van der Waals surface area contributed by atoms with Crippen LogP contribution < -0.4 is 20.7 Å². The van der Waals surface area contributed by atoms with Gasteiger partial charge in [-0.25, -0.2) is 0 Å². The zero-order chi connectivity index (χ0) is 24.8. The molecule has 35 heavy (non-hydrogen) atoms. The molecule has 10 heteroatoms. The summed E-state index contributed by atoms with van der Waals surface area (Å²) in [6.07, 6.45) is 4.42. The Labute approximate surface area is 200 Å². The third-order valence-electron chi connectivity index (χ3n) is 5.06. The molecule has 0 saturated carbocycles. The van der Waals surface area contributed by atoms with Crippen LogP contribution in [-0.2, 0) is 11.3 Å². The Morgan fingerprint density at radius 2 is 1.77 bits per heavy atom. The SMILES string of the molecule is COc1ccc(NC(=O)Cn2cc(NC(=O)c3ccc(C)c(NC(=O)c4ccco4)c3)cn2)cc1. The van der Waals surface area contributed by atoms with Gasteiger partial charge < -0.3 is 25.1 Å². The lowest BCUT2D eigenvalue weighted by molar-refractivity contribution is -0.116. The lowest BCUT2D eigenvalue weighted by atomic mass is 10.1. The summed E-state index contributed by atoms with van der Waals surface area (Å²) in [6.45, 7) is 1.79. The first-order valence-electron chi connectivity index (χ1n) is 10.6. The second-order valence-corrected chi connectivity index (χ2v) is 7.62. The topological polar surface area (TPSA) is 127 Å². The van der Waals surface area contributed by atoms with Crippen molar-refractivity contribution in [3.63, 3.8) is 0 Å². The van der Waals surface area contributed by atoms with Gasteiger partial charge in [-0.05, 0) is 61.0 Å². The minimum Gasteiger partial charge on any atom is -0.497 e. The van der Waals surface area contributed by atoms with E-state index in [1.165, 1.54) is 17.1 Å². The van der Waals surface area contributed by atoms with Gasteiger partial charge in [-0.3, -0.25) is 19.1 Å². The Bertz CT molecular complexity index is 1340. The molecule has 0 unspecified atom stereocenters. The molecule has 0 saturated heterocycles. The molecular weight excluding hydrogens is 450 g/mol. The van der Waals surface area contributed by atoms with Gasteiger partial charge in [0, 0.05) is 23.1 Å². The monoisotopic (exact) mass is 473 g/mol. The maximum Gasteiger partial charge on any atom is 0.291 e. The van der Waals surface area contributed by atoms with E-state index in [9.17, 15) is 14.4 Å². The number of nitrogens with zero attached hydrogens (tertiary/aromatic N) is 2. The number of hydrogen-bond acceptors (Lipinski definition) is 6. The van der Waals surface area contributed by atoms with Crippen LogP contribution in [0.25, 0.3) is 0 Å². The molecular formula is C25H23N5O5. The molecule has 3 amide bonds. The average Bonchev–Trinajstić information content (AvgIpc) is 3.53. The summed E-state index contributed by atoms with van der Waals surface area (Å²) in [5.41, 5.74) is 2.68. The molecule has 0 bridgehead atoms. The lowest BCUT2D eigenvalue weighted by Gasteiger charge is -2.10. The Hall–Kier alpha value is -4.86. The molecule has 0 atom stereocenters. The smallest absolute Gasteiger partial charge is 0.291 e. The molecule has 10 nitrogen and oxygen atoms in total. The fourth-order valence-electron chi connectivity index (χ4n) is 3.23. The average molecular weight is 473 g/mol. The Kier molecular flexibility index (Phi) is 6.91. The van der Waals surface area contributed by atoms with Crippen LogP contribution in [0.5, 0.6) is 5.75 Å². The Morgan fingerprint density at radius 3 is 2.49 bits per heavy atom. The zero-order valence-electron chi connectivity index (χ0n) is 19.1. The van der Waals surface area contributed by atoms with Crippen molar-refractivity contribution < 1.29 is 23.5 Å². The number of aryl methyl sites for hydroxylation is 1. The molecule has 2 aromatic carbocycles. The normalized spacial score (nSPS) is 10.5. The first kappa shape index (κ1) is 23.3. The highest BCUT2D eigenvalue weighted by molar-refractivity contribution is 6.07.